The van der Waals surface area contributed by atoms with Crippen molar-refractivity contribution in [1.29, 1.82) is 0 Å². The summed E-state index contributed by atoms with van der Waals surface area (Å²) in [6.45, 7) is 8.79. The highest BCUT2D eigenvalue weighted by atomic mass is 16.2. The number of guanidine groups is 1. The molecule has 1 aromatic rings. The minimum atomic E-state index is -0.501. The number of benzene rings is 1. The second-order valence-electron chi connectivity index (χ2n) is 8.11. The fraction of sp³-hybridized carbons (Fsp3) is 0.500. The van der Waals surface area contributed by atoms with Gasteiger partial charge in [0.25, 0.3) is 5.91 Å². The smallest absolute Gasteiger partial charge is 0.302 e. The van der Waals surface area contributed by atoms with Gasteiger partial charge in [0.15, 0.2) is 12.2 Å². The van der Waals surface area contributed by atoms with E-state index >= 15 is 0 Å². The summed E-state index contributed by atoms with van der Waals surface area (Å²) in [5, 5.41) is 0. The minimum Gasteiger partial charge on any atom is -0.302 e. The number of anilines is 1. The molecule has 0 radical (unpaired) electrons. The third-order valence-corrected chi connectivity index (χ3v) is 6.19. The number of aliphatic imine (C=N–C) groups is 1. The molecule has 4 rings (SSSR count). The fourth-order valence-corrected chi connectivity index (χ4v) is 4.36. The van der Waals surface area contributed by atoms with E-state index in [0.29, 0.717) is 6.54 Å². The lowest BCUT2D eigenvalue weighted by atomic mass is 10.1. The number of carbonyl (C=O) groups excluding carboxylic acids is 2. The maximum Gasteiger partial charge on any atom is 0.328 e. The number of nitrogens with zero attached hydrogens (tertiary/aromatic N) is 5. The molecule has 3 aliphatic heterocycles. The largest absolute Gasteiger partial charge is 0.328 e. The van der Waals surface area contributed by atoms with Gasteiger partial charge in [-0.2, -0.15) is 0 Å². The number of carbonyl (C=O) groups is 2. The van der Waals surface area contributed by atoms with Crippen LogP contribution in [0.4, 0.5) is 10.5 Å². The van der Waals surface area contributed by atoms with E-state index in [1.165, 1.54) is 16.0 Å². The van der Waals surface area contributed by atoms with Crippen molar-refractivity contribution in [2.75, 3.05) is 18.5 Å². The zero-order chi connectivity index (χ0) is 20.9. The van der Waals surface area contributed by atoms with E-state index in [4.69, 9.17) is 4.99 Å². The zero-order valence-corrected chi connectivity index (χ0v) is 17.8. The van der Waals surface area contributed by atoms with E-state index in [1.807, 2.05) is 24.1 Å². The van der Waals surface area contributed by atoms with Crippen LogP contribution in [0.3, 0.4) is 0 Å². The molecule has 7 nitrogen and oxygen atoms in total. The molecule has 0 N–H and O–H groups in total. The van der Waals surface area contributed by atoms with Gasteiger partial charge in [0, 0.05) is 25.5 Å². The molecule has 3 aliphatic rings. The highest BCUT2D eigenvalue weighted by molar-refractivity contribution is 6.10. The minimum absolute atomic E-state index is 0.153. The van der Waals surface area contributed by atoms with Crippen LogP contribution in [-0.4, -0.2) is 58.4 Å². The average Bonchev–Trinajstić information content (AvgIpc) is 3.20. The van der Waals surface area contributed by atoms with Gasteiger partial charge in [-0.1, -0.05) is 31.9 Å². The molecule has 1 fully saturated rings. The van der Waals surface area contributed by atoms with Crippen LogP contribution in [0.2, 0.25) is 0 Å². The van der Waals surface area contributed by atoms with E-state index in [1.54, 1.807) is 11.9 Å². The maximum absolute atomic E-state index is 13.3. The second kappa shape index (κ2) is 7.21. The molecule has 1 aromatic carbocycles. The molecule has 0 bridgehead atoms. The molecule has 2 unspecified atom stereocenters. The Balaban J connectivity index is 1.68. The molecular weight excluding hydrogens is 366 g/mol. The molecule has 0 saturated carbocycles. The Bertz CT molecular complexity index is 922. The number of urea groups is 1. The molecule has 3 heterocycles. The van der Waals surface area contributed by atoms with Crippen LogP contribution < -0.4 is 4.90 Å². The average molecular weight is 396 g/mol. The standard InChI is InChI=1S/C22H29N5O2/c1-6-7-8-12-25-20(28)18-19(24(5)22(25)29)23-21-26(18)13-15(3)27(21)17-11-9-10-14(2)16(17)4/h9-11,13,18-19H,6-8,12H2,1-5H3. The summed E-state index contributed by atoms with van der Waals surface area (Å²) >= 11 is 0. The van der Waals surface area contributed by atoms with Gasteiger partial charge < -0.3 is 9.80 Å². The first-order valence-corrected chi connectivity index (χ1v) is 10.4. The van der Waals surface area contributed by atoms with Crippen LogP contribution in [0, 0.1) is 13.8 Å². The summed E-state index contributed by atoms with van der Waals surface area (Å²) in [5.74, 6) is 0.564. The number of likely N-dealkylation sites (N-methyl/N-ethyl adjacent to an activating group) is 1. The van der Waals surface area contributed by atoms with Crippen LogP contribution in [0.25, 0.3) is 0 Å². The number of imide groups is 1. The number of unbranched alkanes of at least 4 members (excludes halogenated alkanes) is 2. The van der Waals surface area contributed by atoms with Crippen molar-refractivity contribution in [2.24, 2.45) is 4.99 Å². The Morgan fingerprint density at radius 3 is 2.59 bits per heavy atom. The van der Waals surface area contributed by atoms with E-state index in [0.717, 1.165) is 36.6 Å². The van der Waals surface area contributed by atoms with Crippen LogP contribution in [0.15, 0.2) is 35.1 Å². The van der Waals surface area contributed by atoms with Crippen molar-refractivity contribution in [3.63, 3.8) is 0 Å². The van der Waals surface area contributed by atoms with E-state index < -0.39 is 12.2 Å². The summed E-state index contributed by atoms with van der Waals surface area (Å²) in [5.41, 5.74) is 4.45. The third-order valence-electron chi connectivity index (χ3n) is 6.19. The SMILES string of the molecule is CCCCCN1C(=O)C2C(N=C3N(c4cccc(C)c4C)C(C)=CN32)N(C)C1=O. The van der Waals surface area contributed by atoms with Gasteiger partial charge in [-0.05, 0) is 44.4 Å². The molecule has 3 amide bonds. The predicted molar refractivity (Wildman–Crippen MR) is 113 cm³/mol. The molecule has 0 spiro atoms. The Labute approximate surface area is 172 Å². The fourth-order valence-electron chi connectivity index (χ4n) is 4.36. The third kappa shape index (κ3) is 2.91. The quantitative estimate of drug-likeness (QED) is 0.717. The monoisotopic (exact) mass is 395 g/mol. The van der Waals surface area contributed by atoms with Gasteiger partial charge in [0.1, 0.15) is 0 Å². The molecule has 0 aromatic heterocycles. The van der Waals surface area contributed by atoms with Gasteiger partial charge in [0.2, 0.25) is 5.96 Å². The van der Waals surface area contributed by atoms with Gasteiger partial charge in [-0.25, -0.2) is 9.79 Å². The van der Waals surface area contributed by atoms with Crippen LogP contribution in [0.1, 0.15) is 44.2 Å². The number of hydrogen-bond donors (Lipinski definition) is 0. The number of hydrogen-bond acceptors (Lipinski definition) is 5. The lowest BCUT2D eigenvalue weighted by molar-refractivity contribution is -0.136. The number of aryl methyl sites for hydroxylation is 1. The first-order chi connectivity index (χ1) is 13.9. The second-order valence-corrected chi connectivity index (χ2v) is 8.11. The maximum atomic E-state index is 13.3. The molecule has 0 aliphatic carbocycles. The molecule has 7 heteroatoms. The van der Waals surface area contributed by atoms with Crippen LogP contribution in [0.5, 0.6) is 0 Å². The summed E-state index contributed by atoms with van der Waals surface area (Å²) < 4.78 is 0. The van der Waals surface area contributed by atoms with Crippen molar-refractivity contribution in [3.05, 3.63) is 41.2 Å². The molecular formula is C22H29N5O2. The van der Waals surface area contributed by atoms with Gasteiger partial charge >= 0.3 is 6.03 Å². The highest BCUT2D eigenvalue weighted by Gasteiger charge is 2.54. The highest BCUT2D eigenvalue weighted by Crippen LogP contribution is 2.38. The van der Waals surface area contributed by atoms with Crippen molar-refractivity contribution >= 4 is 23.6 Å². The van der Waals surface area contributed by atoms with E-state index in [-0.39, 0.29) is 11.9 Å². The summed E-state index contributed by atoms with van der Waals surface area (Å²) in [4.78, 5) is 38.0. The molecule has 2 atom stereocenters. The van der Waals surface area contributed by atoms with Crippen molar-refractivity contribution < 1.29 is 9.59 Å². The number of fused-ring (bicyclic) bond motifs is 3. The Kier molecular flexibility index (Phi) is 4.84. The van der Waals surface area contributed by atoms with Gasteiger partial charge in [-0.15, -0.1) is 0 Å². The first-order valence-electron chi connectivity index (χ1n) is 10.4. The topological polar surface area (TPSA) is 59.5 Å². The Hall–Kier alpha value is -2.83. The van der Waals surface area contributed by atoms with Crippen LogP contribution >= 0.6 is 0 Å². The lowest BCUT2D eigenvalue weighted by Gasteiger charge is -2.40. The summed E-state index contributed by atoms with van der Waals surface area (Å²) in [6.07, 6.45) is 4.36. The van der Waals surface area contributed by atoms with Crippen molar-refractivity contribution in [2.45, 2.75) is 59.2 Å². The van der Waals surface area contributed by atoms with Crippen molar-refractivity contribution in [3.8, 4) is 0 Å². The first kappa shape index (κ1) is 19.5. The summed E-state index contributed by atoms with van der Waals surface area (Å²) in [6, 6.07) is 5.44. The molecule has 1 saturated heterocycles. The number of allylic oxidation sites excluding steroid dienone is 1. The van der Waals surface area contributed by atoms with Crippen molar-refractivity contribution in [1.82, 2.24) is 14.7 Å². The lowest BCUT2D eigenvalue weighted by Crippen LogP contribution is -2.64. The Morgan fingerprint density at radius 2 is 1.86 bits per heavy atom. The zero-order valence-electron chi connectivity index (χ0n) is 17.8. The molecule has 154 valence electrons. The normalized spacial score (nSPS) is 23.5. The Morgan fingerprint density at radius 1 is 1.10 bits per heavy atom. The van der Waals surface area contributed by atoms with Crippen LogP contribution in [-0.2, 0) is 4.79 Å². The van der Waals surface area contributed by atoms with E-state index in [2.05, 4.69) is 37.8 Å². The number of amides is 3. The number of rotatable bonds is 5. The molecule has 29 heavy (non-hydrogen) atoms. The summed E-state index contributed by atoms with van der Waals surface area (Å²) in [7, 11) is 1.74. The van der Waals surface area contributed by atoms with Gasteiger partial charge in [0.05, 0.1) is 5.69 Å². The predicted octanol–water partition coefficient (Wildman–Crippen LogP) is 3.44. The van der Waals surface area contributed by atoms with E-state index in [9.17, 15) is 9.59 Å². The van der Waals surface area contributed by atoms with Gasteiger partial charge in [-0.3, -0.25) is 14.6 Å².